The van der Waals surface area contributed by atoms with Gasteiger partial charge in [-0.2, -0.15) is 0 Å². The van der Waals surface area contributed by atoms with E-state index in [9.17, 15) is 9.59 Å². The molecule has 0 saturated heterocycles. The van der Waals surface area contributed by atoms with E-state index < -0.39 is 17.2 Å². The number of carbonyl (C=O) groups is 1. The summed E-state index contributed by atoms with van der Waals surface area (Å²) in [6, 6.07) is 3.19. The van der Waals surface area contributed by atoms with Crippen molar-refractivity contribution in [2.24, 2.45) is 5.11 Å². The second kappa shape index (κ2) is 8.32. The van der Waals surface area contributed by atoms with Crippen LogP contribution in [-0.4, -0.2) is 17.1 Å². The molecule has 2 aromatic heterocycles. The Morgan fingerprint density at radius 2 is 2.15 bits per heavy atom. The third-order valence-electron chi connectivity index (χ3n) is 6.45. The lowest BCUT2D eigenvalue weighted by atomic mass is 9.94. The molecule has 3 aromatic rings. The highest BCUT2D eigenvalue weighted by molar-refractivity contribution is 7.15. The second-order valence-corrected chi connectivity index (χ2v) is 9.68. The van der Waals surface area contributed by atoms with Crippen molar-refractivity contribution in [3.8, 4) is 10.4 Å². The van der Waals surface area contributed by atoms with Crippen LogP contribution < -0.4 is 5.43 Å². The van der Waals surface area contributed by atoms with Crippen LogP contribution in [0.3, 0.4) is 0 Å². The van der Waals surface area contributed by atoms with Crippen molar-refractivity contribution in [1.29, 1.82) is 0 Å². The average molecular weight is 467 g/mol. The van der Waals surface area contributed by atoms with Crippen molar-refractivity contribution >= 4 is 28.2 Å². The summed E-state index contributed by atoms with van der Waals surface area (Å²) >= 11 is 1.46. The maximum atomic E-state index is 15.5. The minimum Gasteiger partial charge on any atom is -0.462 e. The van der Waals surface area contributed by atoms with Crippen molar-refractivity contribution < 1.29 is 13.9 Å². The highest BCUT2D eigenvalue weighted by Gasteiger charge is 2.30. The first kappa shape index (κ1) is 21.7. The maximum Gasteiger partial charge on any atom is 0.343 e. The largest absolute Gasteiger partial charge is 0.462 e. The van der Waals surface area contributed by atoms with Crippen LogP contribution in [0.5, 0.6) is 0 Å². The van der Waals surface area contributed by atoms with Crippen LogP contribution in [-0.2, 0) is 11.2 Å². The number of aryl methyl sites for hydroxylation is 2. The molecule has 9 heteroatoms. The first-order valence-corrected chi connectivity index (χ1v) is 12.0. The summed E-state index contributed by atoms with van der Waals surface area (Å²) in [6.07, 6.45) is 6.03. The summed E-state index contributed by atoms with van der Waals surface area (Å²) in [5, 5.41) is 4.13. The molecular weight excluding hydrogens is 443 g/mol. The smallest absolute Gasteiger partial charge is 0.343 e. The number of azide groups is 1. The van der Waals surface area contributed by atoms with Crippen LogP contribution in [0, 0.1) is 12.7 Å². The summed E-state index contributed by atoms with van der Waals surface area (Å²) in [5.41, 5.74) is 11.2. The number of halogens is 1. The lowest BCUT2D eigenvalue weighted by Crippen LogP contribution is -2.21. The van der Waals surface area contributed by atoms with E-state index >= 15 is 4.39 Å². The Balaban J connectivity index is 1.74. The molecule has 0 N–H and O–H groups in total. The Morgan fingerprint density at radius 3 is 2.85 bits per heavy atom. The van der Waals surface area contributed by atoms with Gasteiger partial charge in [0.1, 0.15) is 11.4 Å². The summed E-state index contributed by atoms with van der Waals surface area (Å²) in [5.74, 6) is -1.18. The number of benzene rings is 1. The van der Waals surface area contributed by atoms with Gasteiger partial charge in [-0.25, -0.2) is 9.18 Å². The van der Waals surface area contributed by atoms with Crippen LogP contribution in [0.2, 0.25) is 0 Å². The molecule has 2 heterocycles. The van der Waals surface area contributed by atoms with Gasteiger partial charge >= 0.3 is 5.97 Å². The number of aromatic nitrogens is 1. The quantitative estimate of drug-likeness (QED) is 0.189. The van der Waals surface area contributed by atoms with E-state index in [0.29, 0.717) is 16.6 Å². The predicted octanol–water partition coefficient (Wildman–Crippen LogP) is 6.38. The van der Waals surface area contributed by atoms with Crippen molar-refractivity contribution in [2.75, 3.05) is 6.61 Å². The van der Waals surface area contributed by atoms with E-state index in [1.54, 1.807) is 13.1 Å². The van der Waals surface area contributed by atoms with Crippen molar-refractivity contribution in [1.82, 2.24) is 4.57 Å². The molecule has 0 amide bonds. The monoisotopic (exact) mass is 466 g/mol. The van der Waals surface area contributed by atoms with Gasteiger partial charge in [0, 0.05) is 37.9 Å². The van der Waals surface area contributed by atoms with Crippen LogP contribution in [0.25, 0.3) is 31.8 Å². The highest BCUT2D eigenvalue weighted by Crippen LogP contribution is 2.45. The fraction of sp³-hybridized carbons (Fsp3) is 0.417. The van der Waals surface area contributed by atoms with Gasteiger partial charge in [-0.15, -0.1) is 11.3 Å². The second-order valence-electron chi connectivity index (χ2n) is 8.60. The van der Waals surface area contributed by atoms with Crippen molar-refractivity contribution in [2.45, 2.75) is 58.0 Å². The van der Waals surface area contributed by atoms with Crippen molar-refractivity contribution in [3.63, 3.8) is 0 Å². The van der Waals surface area contributed by atoms with Gasteiger partial charge in [0.25, 0.3) is 0 Å². The van der Waals surface area contributed by atoms with Gasteiger partial charge in [-0.3, -0.25) is 4.79 Å². The number of hydrogen-bond donors (Lipinski definition) is 0. The third-order valence-corrected chi connectivity index (χ3v) is 7.75. The molecule has 5 rings (SSSR count). The number of carbonyl (C=O) groups excluding carboxylic acids is 1. The Bertz CT molecular complexity index is 1400. The molecule has 1 saturated carbocycles. The number of fused-ring (bicyclic) bond motifs is 2. The van der Waals surface area contributed by atoms with Crippen molar-refractivity contribution in [3.05, 3.63) is 66.4 Å². The highest BCUT2D eigenvalue weighted by atomic mass is 32.1. The van der Waals surface area contributed by atoms with Gasteiger partial charge in [0.2, 0.25) is 5.43 Å². The lowest BCUT2D eigenvalue weighted by Gasteiger charge is -2.17. The molecular formula is C24H23FN4O3S. The van der Waals surface area contributed by atoms with Gasteiger partial charge < -0.3 is 9.30 Å². The number of rotatable bonds is 5. The minimum absolute atomic E-state index is 0.0633. The predicted molar refractivity (Wildman–Crippen MR) is 125 cm³/mol. The molecule has 7 nitrogen and oxygen atoms in total. The molecule has 0 spiro atoms. The Kier molecular flexibility index (Phi) is 5.46. The zero-order chi connectivity index (χ0) is 23.3. The SMILES string of the molecule is CCOC(=O)c1cn(C2CC2)c2c(C)c(-c3cc4c(s3)C(N=[N+]=[N-])CCC4)c(F)cc2c1=O. The lowest BCUT2D eigenvalue weighted by molar-refractivity contribution is 0.0524. The maximum absolute atomic E-state index is 15.5. The summed E-state index contributed by atoms with van der Waals surface area (Å²) in [6.45, 7) is 3.67. The molecule has 1 fully saturated rings. The molecule has 0 aliphatic heterocycles. The number of pyridine rings is 1. The number of esters is 1. The first-order chi connectivity index (χ1) is 15.9. The Hall–Kier alpha value is -3.16. The molecule has 170 valence electrons. The number of ether oxygens (including phenoxy) is 1. The fourth-order valence-corrected chi connectivity index (χ4v) is 6.19. The van der Waals surface area contributed by atoms with Gasteiger partial charge in [-0.05, 0) is 74.7 Å². The van der Waals surface area contributed by atoms with Gasteiger partial charge in [0.15, 0.2) is 0 Å². The molecule has 2 aliphatic rings. The van der Waals surface area contributed by atoms with E-state index in [-0.39, 0.29) is 29.6 Å². The van der Waals surface area contributed by atoms with Crippen LogP contribution in [0.15, 0.2) is 28.2 Å². The summed E-state index contributed by atoms with van der Waals surface area (Å²) < 4.78 is 22.6. The zero-order valence-corrected chi connectivity index (χ0v) is 19.2. The Labute approximate surface area is 193 Å². The van der Waals surface area contributed by atoms with Crippen LogP contribution >= 0.6 is 11.3 Å². The molecule has 1 unspecified atom stereocenters. The van der Waals surface area contributed by atoms with E-state index in [0.717, 1.165) is 47.4 Å². The van der Waals surface area contributed by atoms with E-state index in [2.05, 4.69) is 10.0 Å². The average Bonchev–Trinajstić information content (AvgIpc) is 3.54. The molecule has 0 bridgehead atoms. The fourth-order valence-electron chi connectivity index (χ4n) is 4.81. The normalized spacial score (nSPS) is 17.5. The topological polar surface area (TPSA) is 97.1 Å². The van der Waals surface area contributed by atoms with Crippen LogP contribution in [0.1, 0.15) is 71.1 Å². The molecule has 1 aromatic carbocycles. The number of nitrogens with zero attached hydrogens (tertiary/aromatic N) is 4. The van der Waals surface area contributed by atoms with E-state index in [4.69, 9.17) is 10.3 Å². The molecule has 1 atom stereocenters. The molecule has 33 heavy (non-hydrogen) atoms. The molecule has 0 radical (unpaired) electrons. The standard InChI is InChI=1S/C24H23FN4O3S/c1-3-32-24(31)16-11-29(14-7-8-14)21-12(2)20(17(25)10-15(21)22(16)30)19-9-13-5-4-6-18(27-28-26)23(13)33-19/h9-11,14,18H,3-8H2,1-2H3. The number of hydrogen-bond acceptors (Lipinski definition) is 5. The van der Waals surface area contributed by atoms with Gasteiger partial charge in [0.05, 0.1) is 18.2 Å². The first-order valence-electron chi connectivity index (χ1n) is 11.2. The zero-order valence-electron chi connectivity index (χ0n) is 18.4. The third kappa shape index (κ3) is 3.61. The van der Waals surface area contributed by atoms with Crippen LogP contribution in [0.4, 0.5) is 4.39 Å². The minimum atomic E-state index is -0.684. The Morgan fingerprint density at radius 1 is 1.36 bits per heavy atom. The summed E-state index contributed by atoms with van der Waals surface area (Å²) in [4.78, 5) is 30.3. The van der Waals surface area contributed by atoms with E-state index in [1.165, 1.54) is 17.4 Å². The summed E-state index contributed by atoms with van der Waals surface area (Å²) in [7, 11) is 0. The number of thiophene rings is 1. The molecule has 2 aliphatic carbocycles. The van der Waals surface area contributed by atoms with E-state index in [1.807, 2.05) is 17.6 Å². The van der Waals surface area contributed by atoms with Gasteiger partial charge in [-0.1, -0.05) is 5.11 Å².